The number of hydrogen-bond donors (Lipinski definition) is 2. The number of benzene rings is 2. The predicted octanol–water partition coefficient (Wildman–Crippen LogP) is 3.64. The molecule has 0 atom stereocenters. The van der Waals surface area contributed by atoms with Crippen LogP contribution in [0.1, 0.15) is 11.1 Å². The Morgan fingerprint density at radius 3 is 2.53 bits per heavy atom. The summed E-state index contributed by atoms with van der Waals surface area (Å²) in [6, 6.07) is 12.5. The van der Waals surface area contributed by atoms with E-state index in [2.05, 4.69) is 21.2 Å². The van der Waals surface area contributed by atoms with Gasteiger partial charge in [0.2, 0.25) is 5.91 Å². The Morgan fingerprint density at radius 2 is 1.89 bits per heavy atom. The topological polar surface area (TPSA) is 49.3 Å². The summed E-state index contributed by atoms with van der Waals surface area (Å²) in [4.78, 5) is 11.9. The van der Waals surface area contributed by atoms with Gasteiger partial charge >= 0.3 is 0 Å². The molecule has 2 rings (SSSR count). The average molecular weight is 320 g/mol. The lowest BCUT2D eigenvalue weighted by atomic mass is 10.1. The fourth-order valence-electron chi connectivity index (χ4n) is 1.77. The molecule has 3 nitrogen and oxygen atoms in total. The van der Waals surface area contributed by atoms with Crippen LogP contribution in [0.5, 0.6) is 5.75 Å². The summed E-state index contributed by atoms with van der Waals surface area (Å²) in [5.74, 6) is 0.125. The van der Waals surface area contributed by atoms with E-state index in [1.165, 1.54) is 0 Å². The number of aromatic hydroxyl groups is 1. The van der Waals surface area contributed by atoms with E-state index in [0.29, 0.717) is 6.42 Å². The Labute approximate surface area is 120 Å². The normalized spacial score (nSPS) is 10.2. The molecule has 19 heavy (non-hydrogen) atoms. The van der Waals surface area contributed by atoms with Crippen molar-refractivity contribution in [3.8, 4) is 5.75 Å². The van der Waals surface area contributed by atoms with E-state index in [1.54, 1.807) is 18.2 Å². The van der Waals surface area contributed by atoms with E-state index in [9.17, 15) is 9.90 Å². The van der Waals surface area contributed by atoms with Gasteiger partial charge in [-0.2, -0.15) is 0 Å². The zero-order valence-electron chi connectivity index (χ0n) is 10.5. The summed E-state index contributed by atoms with van der Waals surface area (Å²) < 4.78 is 0.992. The third-order valence-corrected chi connectivity index (χ3v) is 3.29. The molecule has 0 heterocycles. The maximum atomic E-state index is 11.9. The van der Waals surface area contributed by atoms with Gasteiger partial charge in [-0.3, -0.25) is 4.79 Å². The highest BCUT2D eigenvalue weighted by molar-refractivity contribution is 9.10. The van der Waals surface area contributed by atoms with E-state index in [-0.39, 0.29) is 11.7 Å². The van der Waals surface area contributed by atoms with Crippen LogP contribution in [0.15, 0.2) is 46.9 Å². The van der Waals surface area contributed by atoms with E-state index in [4.69, 9.17) is 0 Å². The molecule has 98 valence electrons. The summed E-state index contributed by atoms with van der Waals surface area (Å²) >= 11 is 3.36. The Balaban J connectivity index is 2.03. The highest BCUT2D eigenvalue weighted by Crippen LogP contribution is 2.20. The number of hydrogen-bond acceptors (Lipinski definition) is 2. The van der Waals surface area contributed by atoms with Crippen LogP contribution in [-0.4, -0.2) is 11.0 Å². The van der Waals surface area contributed by atoms with Crippen LogP contribution in [0.2, 0.25) is 0 Å². The molecule has 2 aromatic carbocycles. The van der Waals surface area contributed by atoms with E-state index in [0.717, 1.165) is 21.3 Å². The number of phenolic OH excluding ortho intramolecular Hbond substituents is 1. The average Bonchev–Trinajstić information content (AvgIpc) is 2.36. The lowest BCUT2D eigenvalue weighted by Crippen LogP contribution is -2.15. The molecule has 0 saturated carbocycles. The molecule has 0 unspecified atom stereocenters. The SMILES string of the molecule is Cc1cc(O)ccc1NC(=O)Cc1ccc(Br)cc1. The van der Waals surface area contributed by atoms with Crippen molar-refractivity contribution in [3.05, 3.63) is 58.1 Å². The fraction of sp³-hybridized carbons (Fsp3) is 0.133. The highest BCUT2D eigenvalue weighted by atomic mass is 79.9. The highest BCUT2D eigenvalue weighted by Gasteiger charge is 2.06. The largest absolute Gasteiger partial charge is 0.508 e. The van der Waals surface area contributed by atoms with Crippen molar-refractivity contribution in [3.63, 3.8) is 0 Å². The fourth-order valence-corrected chi connectivity index (χ4v) is 2.03. The van der Waals surface area contributed by atoms with Crippen LogP contribution in [0, 0.1) is 6.92 Å². The number of halogens is 1. The first-order valence-electron chi connectivity index (χ1n) is 5.88. The molecule has 0 saturated heterocycles. The van der Waals surface area contributed by atoms with Gasteiger partial charge in [0.15, 0.2) is 0 Å². The van der Waals surface area contributed by atoms with Gasteiger partial charge in [0.05, 0.1) is 6.42 Å². The number of anilines is 1. The van der Waals surface area contributed by atoms with Gasteiger partial charge in [0, 0.05) is 10.2 Å². The first-order valence-corrected chi connectivity index (χ1v) is 6.68. The molecular weight excluding hydrogens is 306 g/mol. The van der Waals surface area contributed by atoms with Crippen LogP contribution in [0.25, 0.3) is 0 Å². The third-order valence-electron chi connectivity index (χ3n) is 2.76. The minimum atomic E-state index is -0.0730. The quantitative estimate of drug-likeness (QED) is 0.848. The maximum absolute atomic E-state index is 11.9. The molecule has 1 amide bonds. The van der Waals surface area contributed by atoms with Gasteiger partial charge in [-0.25, -0.2) is 0 Å². The lowest BCUT2D eigenvalue weighted by molar-refractivity contribution is -0.115. The summed E-state index contributed by atoms with van der Waals surface area (Å²) in [5.41, 5.74) is 2.51. The second-order valence-corrected chi connectivity index (χ2v) is 5.27. The van der Waals surface area contributed by atoms with Crippen LogP contribution in [-0.2, 0) is 11.2 Å². The summed E-state index contributed by atoms with van der Waals surface area (Å²) in [6.45, 7) is 1.84. The Hall–Kier alpha value is -1.81. The first-order chi connectivity index (χ1) is 9.04. The molecule has 4 heteroatoms. The van der Waals surface area contributed by atoms with Crippen LogP contribution < -0.4 is 5.32 Å². The van der Waals surface area contributed by atoms with Crippen molar-refractivity contribution < 1.29 is 9.90 Å². The van der Waals surface area contributed by atoms with E-state index >= 15 is 0 Å². The zero-order chi connectivity index (χ0) is 13.8. The summed E-state index contributed by atoms with van der Waals surface area (Å²) in [7, 11) is 0. The first kappa shape index (κ1) is 13.6. The van der Waals surface area contributed by atoms with Crippen molar-refractivity contribution in [2.75, 3.05) is 5.32 Å². The second kappa shape index (κ2) is 5.89. The van der Waals surface area contributed by atoms with Crippen LogP contribution in [0.4, 0.5) is 5.69 Å². The lowest BCUT2D eigenvalue weighted by Gasteiger charge is -2.08. The number of phenols is 1. The summed E-state index contributed by atoms with van der Waals surface area (Å²) in [6.07, 6.45) is 0.327. The second-order valence-electron chi connectivity index (χ2n) is 4.35. The minimum Gasteiger partial charge on any atom is -0.508 e. The van der Waals surface area contributed by atoms with Gasteiger partial charge in [-0.15, -0.1) is 0 Å². The molecular formula is C15H14BrNO2. The molecule has 0 bridgehead atoms. The molecule has 2 aromatic rings. The molecule has 2 N–H and O–H groups in total. The smallest absolute Gasteiger partial charge is 0.228 e. The van der Waals surface area contributed by atoms with Crippen molar-refractivity contribution in [1.29, 1.82) is 0 Å². The Bertz CT molecular complexity index is 594. The standard InChI is InChI=1S/C15H14BrNO2/c1-10-8-13(18)6-7-14(10)17-15(19)9-11-2-4-12(16)5-3-11/h2-8,18H,9H2,1H3,(H,17,19). The summed E-state index contributed by atoms with van der Waals surface area (Å²) in [5, 5.41) is 12.2. The molecule has 0 aliphatic carbocycles. The van der Waals surface area contributed by atoms with Gasteiger partial charge in [0.25, 0.3) is 0 Å². The number of rotatable bonds is 3. The Kier molecular flexibility index (Phi) is 4.22. The van der Waals surface area contributed by atoms with E-state index < -0.39 is 0 Å². The van der Waals surface area contributed by atoms with Crippen LogP contribution >= 0.6 is 15.9 Å². The molecule has 0 fully saturated rings. The van der Waals surface area contributed by atoms with Crippen molar-refractivity contribution in [2.45, 2.75) is 13.3 Å². The van der Waals surface area contributed by atoms with E-state index in [1.807, 2.05) is 31.2 Å². The van der Waals surface area contributed by atoms with Crippen LogP contribution in [0.3, 0.4) is 0 Å². The van der Waals surface area contributed by atoms with Crippen molar-refractivity contribution >= 4 is 27.5 Å². The zero-order valence-corrected chi connectivity index (χ0v) is 12.1. The number of amides is 1. The Morgan fingerprint density at radius 1 is 1.21 bits per heavy atom. The molecule has 0 aromatic heterocycles. The molecule has 0 spiro atoms. The van der Waals surface area contributed by atoms with Crippen molar-refractivity contribution in [1.82, 2.24) is 0 Å². The van der Waals surface area contributed by atoms with Gasteiger partial charge in [0.1, 0.15) is 5.75 Å². The van der Waals surface area contributed by atoms with Gasteiger partial charge in [-0.05, 0) is 48.4 Å². The van der Waals surface area contributed by atoms with Gasteiger partial charge in [-0.1, -0.05) is 28.1 Å². The van der Waals surface area contributed by atoms with Gasteiger partial charge < -0.3 is 10.4 Å². The number of carbonyl (C=O) groups is 1. The molecule has 0 aliphatic rings. The number of nitrogens with one attached hydrogen (secondary N) is 1. The molecule has 0 aliphatic heterocycles. The number of carbonyl (C=O) groups excluding carboxylic acids is 1. The van der Waals surface area contributed by atoms with Crippen molar-refractivity contribution in [2.24, 2.45) is 0 Å². The molecule has 0 radical (unpaired) electrons. The maximum Gasteiger partial charge on any atom is 0.228 e. The monoisotopic (exact) mass is 319 g/mol. The number of aryl methyl sites for hydroxylation is 1. The third kappa shape index (κ3) is 3.83. The predicted molar refractivity (Wildman–Crippen MR) is 79.3 cm³/mol. The minimum absolute atomic E-state index is 0.0730.